The lowest BCUT2D eigenvalue weighted by Gasteiger charge is -2.16. The molecule has 3 heterocycles. The number of imidazole rings is 1. The van der Waals surface area contributed by atoms with E-state index in [0.29, 0.717) is 11.2 Å². The molecule has 0 unspecified atom stereocenters. The standard InChI is InChI=1S/C12H14BrN5O4/c1-5(19)21-2-6-7(13)9(20)12(22-6)18-4-17-8-10(14)15-3-16-11(8)18/h3-4,6-7,9,12,20H,2H2,1H3,(H2,14,15,16)/t6-,7-,9-,12-/m1/s1. The molecule has 0 aromatic carbocycles. The molecule has 10 heteroatoms. The number of aliphatic hydroxyl groups excluding tert-OH is 1. The summed E-state index contributed by atoms with van der Waals surface area (Å²) in [5.74, 6) is -0.155. The number of anilines is 1. The van der Waals surface area contributed by atoms with Crippen LogP contribution in [0, 0.1) is 0 Å². The van der Waals surface area contributed by atoms with Gasteiger partial charge in [-0.1, -0.05) is 15.9 Å². The van der Waals surface area contributed by atoms with E-state index in [2.05, 4.69) is 30.9 Å². The Balaban J connectivity index is 1.87. The molecular formula is C12H14BrN5O4. The van der Waals surface area contributed by atoms with Crippen molar-refractivity contribution in [1.29, 1.82) is 0 Å². The van der Waals surface area contributed by atoms with E-state index in [4.69, 9.17) is 15.2 Å². The van der Waals surface area contributed by atoms with Gasteiger partial charge in [0.2, 0.25) is 0 Å². The van der Waals surface area contributed by atoms with E-state index in [0.717, 1.165) is 0 Å². The number of aromatic nitrogens is 4. The summed E-state index contributed by atoms with van der Waals surface area (Å²) in [6, 6.07) is 0. The van der Waals surface area contributed by atoms with Crippen molar-refractivity contribution >= 4 is 38.9 Å². The maximum atomic E-state index is 10.9. The van der Waals surface area contributed by atoms with Crippen LogP contribution in [-0.2, 0) is 14.3 Å². The Morgan fingerprint density at radius 2 is 2.32 bits per heavy atom. The summed E-state index contributed by atoms with van der Waals surface area (Å²) in [6.45, 7) is 1.36. The third-order valence-electron chi connectivity index (χ3n) is 3.40. The number of carbonyl (C=O) groups excluding carboxylic acids is 1. The minimum absolute atomic E-state index is 0.0442. The van der Waals surface area contributed by atoms with Crippen molar-refractivity contribution in [3.8, 4) is 0 Å². The number of fused-ring (bicyclic) bond motifs is 1. The zero-order valence-corrected chi connectivity index (χ0v) is 13.2. The highest BCUT2D eigenvalue weighted by Gasteiger charge is 2.44. The van der Waals surface area contributed by atoms with Crippen molar-refractivity contribution in [2.24, 2.45) is 0 Å². The number of nitrogens with zero attached hydrogens (tertiary/aromatic N) is 4. The van der Waals surface area contributed by atoms with E-state index in [1.54, 1.807) is 4.57 Å². The zero-order valence-electron chi connectivity index (χ0n) is 11.6. The van der Waals surface area contributed by atoms with Gasteiger partial charge in [0.15, 0.2) is 17.7 Å². The topological polar surface area (TPSA) is 125 Å². The molecule has 0 radical (unpaired) electrons. The van der Waals surface area contributed by atoms with Gasteiger partial charge in [-0.05, 0) is 0 Å². The Labute approximate surface area is 133 Å². The van der Waals surface area contributed by atoms with Crippen molar-refractivity contribution in [1.82, 2.24) is 19.5 Å². The predicted octanol–water partition coefficient (Wildman–Crippen LogP) is -0.00660. The first-order chi connectivity index (χ1) is 10.5. The first kappa shape index (κ1) is 15.1. The summed E-state index contributed by atoms with van der Waals surface area (Å²) in [4.78, 5) is 22.6. The third kappa shape index (κ3) is 2.53. The summed E-state index contributed by atoms with van der Waals surface area (Å²) < 4.78 is 12.3. The number of nitrogen functional groups attached to an aromatic ring is 1. The van der Waals surface area contributed by atoms with Crippen molar-refractivity contribution in [3.05, 3.63) is 12.7 Å². The summed E-state index contributed by atoms with van der Waals surface area (Å²) in [7, 11) is 0. The van der Waals surface area contributed by atoms with Crippen LogP contribution in [0.4, 0.5) is 5.82 Å². The van der Waals surface area contributed by atoms with E-state index in [9.17, 15) is 9.90 Å². The van der Waals surface area contributed by atoms with Crippen LogP contribution in [0.15, 0.2) is 12.7 Å². The van der Waals surface area contributed by atoms with Gasteiger partial charge in [-0.3, -0.25) is 9.36 Å². The first-order valence-electron chi connectivity index (χ1n) is 6.53. The summed E-state index contributed by atoms with van der Waals surface area (Å²) in [5.41, 5.74) is 6.64. The maximum Gasteiger partial charge on any atom is 0.302 e. The SMILES string of the molecule is CC(=O)OC[C@H]1O[C@@H](n2cnc3c(N)ncnc32)[C@H](O)[C@@H]1Br. The van der Waals surface area contributed by atoms with Crippen LogP contribution in [-0.4, -0.2) is 54.2 Å². The van der Waals surface area contributed by atoms with E-state index in [-0.39, 0.29) is 12.4 Å². The fourth-order valence-electron chi connectivity index (χ4n) is 2.33. The highest BCUT2D eigenvalue weighted by atomic mass is 79.9. The van der Waals surface area contributed by atoms with Crippen LogP contribution in [0.25, 0.3) is 11.2 Å². The van der Waals surface area contributed by atoms with Gasteiger partial charge in [0.05, 0.1) is 11.2 Å². The minimum atomic E-state index is -0.867. The molecule has 9 nitrogen and oxygen atoms in total. The molecular weight excluding hydrogens is 358 g/mol. The maximum absolute atomic E-state index is 10.9. The number of hydrogen-bond donors (Lipinski definition) is 2. The lowest BCUT2D eigenvalue weighted by atomic mass is 10.2. The van der Waals surface area contributed by atoms with Gasteiger partial charge in [0.1, 0.15) is 30.7 Å². The molecule has 0 aliphatic carbocycles. The number of hydrogen-bond acceptors (Lipinski definition) is 8. The van der Waals surface area contributed by atoms with Gasteiger partial charge in [0.25, 0.3) is 0 Å². The second-order valence-electron chi connectivity index (χ2n) is 4.89. The first-order valence-corrected chi connectivity index (χ1v) is 7.44. The average Bonchev–Trinajstić information content (AvgIpc) is 3.01. The smallest absolute Gasteiger partial charge is 0.302 e. The normalized spacial score (nSPS) is 28.1. The molecule has 1 fully saturated rings. The fraction of sp³-hybridized carbons (Fsp3) is 0.500. The quantitative estimate of drug-likeness (QED) is 0.570. The molecule has 4 atom stereocenters. The van der Waals surface area contributed by atoms with E-state index in [1.165, 1.54) is 19.6 Å². The molecule has 22 heavy (non-hydrogen) atoms. The Kier molecular flexibility index (Phi) is 3.98. The van der Waals surface area contributed by atoms with Crippen LogP contribution >= 0.6 is 15.9 Å². The van der Waals surface area contributed by atoms with Crippen LogP contribution in [0.2, 0.25) is 0 Å². The van der Waals surface area contributed by atoms with Crippen LogP contribution in [0.3, 0.4) is 0 Å². The van der Waals surface area contributed by atoms with Crippen LogP contribution in [0.5, 0.6) is 0 Å². The number of esters is 1. The highest BCUT2D eigenvalue weighted by molar-refractivity contribution is 9.09. The van der Waals surface area contributed by atoms with E-state index < -0.39 is 29.2 Å². The van der Waals surface area contributed by atoms with Gasteiger partial charge in [0, 0.05) is 6.92 Å². The number of halogens is 1. The monoisotopic (exact) mass is 371 g/mol. The minimum Gasteiger partial charge on any atom is -0.463 e. The molecule has 0 amide bonds. The third-order valence-corrected chi connectivity index (χ3v) is 4.53. The number of nitrogens with two attached hydrogens (primary N) is 1. The Hall–Kier alpha value is -1.78. The lowest BCUT2D eigenvalue weighted by Crippen LogP contribution is -2.29. The number of ether oxygens (including phenoxy) is 2. The highest BCUT2D eigenvalue weighted by Crippen LogP contribution is 2.35. The molecule has 0 spiro atoms. The van der Waals surface area contributed by atoms with Crippen LogP contribution < -0.4 is 5.73 Å². The van der Waals surface area contributed by atoms with E-state index >= 15 is 0 Å². The number of aliphatic hydroxyl groups is 1. The van der Waals surface area contributed by atoms with Crippen molar-refractivity contribution in [3.63, 3.8) is 0 Å². The molecule has 2 aromatic heterocycles. The largest absolute Gasteiger partial charge is 0.463 e. The van der Waals surface area contributed by atoms with Gasteiger partial charge >= 0.3 is 5.97 Å². The second kappa shape index (κ2) is 5.78. The molecule has 1 aliphatic rings. The average molecular weight is 372 g/mol. The summed E-state index contributed by atoms with van der Waals surface area (Å²) >= 11 is 3.37. The van der Waals surface area contributed by atoms with Crippen molar-refractivity contribution < 1.29 is 19.4 Å². The number of rotatable bonds is 3. The molecule has 1 aliphatic heterocycles. The van der Waals surface area contributed by atoms with Gasteiger partial charge in [-0.15, -0.1) is 0 Å². The molecule has 3 rings (SSSR count). The molecule has 2 aromatic rings. The van der Waals surface area contributed by atoms with Crippen LogP contribution in [0.1, 0.15) is 13.2 Å². The van der Waals surface area contributed by atoms with Gasteiger partial charge in [-0.2, -0.15) is 0 Å². The Morgan fingerprint density at radius 3 is 3.05 bits per heavy atom. The molecule has 1 saturated heterocycles. The predicted molar refractivity (Wildman–Crippen MR) is 79.0 cm³/mol. The molecule has 0 saturated carbocycles. The van der Waals surface area contributed by atoms with E-state index in [1.807, 2.05) is 0 Å². The Bertz CT molecular complexity index is 708. The van der Waals surface area contributed by atoms with Crippen molar-refractivity contribution in [2.75, 3.05) is 12.3 Å². The Morgan fingerprint density at radius 1 is 1.55 bits per heavy atom. The number of carbonyl (C=O) groups is 1. The zero-order chi connectivity index (χ0) is 15.9. The van der Waals surface area contributed by atoms with Crippen molar-refractivity contribution in [2.45, 2.75) is 30.2 Å². The number of alkyl halides is 1. The summed E-state index contributed by atoms with van der Waals surface area (Å²) in [6.07, 6.45) is 0.732. The molecule has 118 valence electrons. The van der Waals surface area contributed by atoms with Gasteiger partial charge in [-0.25, -0.2) is 15.0 Å². The summed E-state index contributed by atoms with van der Waals surface area (Å²) in [5, 5.41) is 10.4. The van der Waals surface area contributed by atoms with Gasteiger partial charge < -0.3 is 20.3 Å². The molecule has 3 N–H and O–H groups in total. The second-order valence-corrected chi connectivity index (χ2v) is 5.94. The molecule has 0 bridgehead atoms. The fourth-order valence-corrected chi connectivity index (χ4v) is 2.87. The lowest BCUT2D eigenvalue weighted by molar-refractivity contribution is -0.145.